The van der Waals surface area contributed by atoms with Crippen LogP contribution in [0.2, 0.25) is 5.02 Å². The van der Waals surface area contributed by atoms with Crippen molar-refractivity contribution < 1.29 is 4.42 Å². The van der Waals surface area contributed by atoms with E-state index in [-0.39, 0.29) is 0 Å². The zero-order chi connectivity index (χ0) is 18.7. The standard InChI is InChI=1S/C25H14ClNO/c26-19-12-10-15-6-7-16-8-9-17-11-13-21-24(23(17)22(16)20(15)14-19)28-25(27-21)18-4-2-1-3-5-18/h1-14H. The van der Waals surface area contributed by atoms with Gasteiger partial charge in [-0.3, -0.25) is 0 Å². The molecule has 0 aliphatic heterocycles. The lowest BCUT2D eigenvalue weighted by Gasteiger charge is -2.08. The van der Waals surface area contributed by atoms with E-state index in [0.717, 1.165) is 54.0 Å². The summed E-state index contributed by atoms with van der Waals surface area (Å²) >= 11 is 6.34. The number of oxazole rings is 1. The van der Waals surface area contributed by atoms with Gasteiger partial charge in [-0.25, -0.2) is 4.98 Å². The summed E-state index contributed by atoms with van der Waals surface area (Å²) in [7, 11) is 0. The van der Waals surface area contributed by atoms with Crippen molar-refractivity contribution in [2.75, 3.05) is 0 Å². The lowest BCUT2D eigenvalue weighted by molar-refractivity contribution is 0.623. The van der Waals surface area contributed by atoms with Crippen LogP contribution >= 0.6 is 11.6 Å². The number of hydrogen-bond acceptors (Lipinski definition) is 2. The van der Waals surface area contributed by atoms with Crippen LogP contribution in [-0.2, 0) is 0 Å². The van der Waals surface area contributed by atoms with E-state index in [0.29, 0.717) is 5.89 Å². The van der Waals surface area contributed by atoms with E-state index in [1.165, 1.54) is 0 Å². The minimum atomic E-state index is 0.637. The Bertz CT molecular complexity index is 1510. The Labute approximate surface area is 166 Å². The number of fused-ring (bicyclic) bond motifs is 7. The first-order chi connectivity index (χ1) is 13.8. The molecule has 0 unspecified atom stereocenters. The van der Waals surface area contributed by atoms with Gasteiger partial charge in [0.15, 0.2) is 5.58 Å². The van der Waals surface area contributed by atoms with E-state index in [1.807, 2.05) is 48.5 Å². The molecule has 6 aromatic rings. The van der Waals surface area contributed by atoms with Crippen molar-refractivity contribution in [1.82, 2.24) is 4.98 Å². The van der Waals surface area contributed by atoms with Crippen LogP contribution in [0, 0.1) is 0 Å². The molecule has 5 aromatic carbocycles. The van der Waals surface area contributed by atoms with E-state index < -0.39 is 0 Å². The smallest absolute Gasteiger partial charge is 0.227 e. The Morgan fingerprint density at radius 3 is 2.18 bits per heavy atom. The number of aromatic nitrogens is 1. The van der Waals surface area contributed by atoms with E-state index in [2.05, 4.69) is 36.4 Å². The highest BCUT2D eigenvalue weighted by Gasteiger charge is 2.15. The third-order valence-corrected chi connectivity index (χ3v) is 5.55. The van der Waals surface area contributed by atoms with Gasteiger partial charge in [0.2, 0.25) is 5.89 Å². The second-order valence-electron chi connectivity index (χ2n) is 6.99. The van der Waals surface area contributed by atoms with Crippen molar-refractivity contribution in [3.63, 3.8) is 0 Å². The van der Waals surface area contributed by atoms with Gasteiger partial charge in [0.1, 0.15) is 5.52 Å². The van der Waals surface area contributed by atoms with Crippen molar-refractivity contribution in [2.45, 2.75) is 0 Å². The largest absolute Gasteiger partial charge is 0.435 e. The monoisotopic (exact) mass is 379 g/mol. The van der Waals surface area contributed by atoms with Crippen LogP contribution in [0.15, 0.2) is 89.3 Å². The van der Waals surface area contributed by atoms with Crippen LogP contribution in [0.3, 0.4) is 0 Å². The summed E-state index contributed by atoms with van der Waals surface area (Å²) < 4.78 is 6.31. The second kappa shape index (κ2) is 5.82. The van der Waals surface area contributed by atoms with Gasteiger partial charge < -0.3 is 4.42 Å². The predicted octanol–water partition coefficient (Wildman–Crippen LogP) is 7.61. The summed E-state index contributed by atoms with van der Waals surface area (Å²) in [6.07, 6.45) is 0. The summed E-state index contributed by atoms with van der Waals surface area (Å²) in [5.74, 6) is 0.637. The Morgan fingerprint density at radius 2 is 1.36 bits per heavy atom. The first-order valence-corrected chi connectivity index (χ1v) is 9.55. The zero-order valence-electron chi connectivity index (χ0n) is 14.8. The summed E-state index contributed by atoms with van der Waals surface area (Å²) in [6.45, 7) is 0. The van der Waals surface area contributed by atoms with Gasteiger partial charge in [-0.2, -0.15) is 0 Å². The van der Waals surface area contributed by atoms with Crippen LogP contribution < -0.4 is 0 Å². The van der Waals surface area contributed by atoms with Gasteiger partial charge in [0.25, 0.3) is 0 Å². The normalized spacial score (nSPS) is 11.8. The number of nitrogens with zero attached hydrogens (tertiary/aromatic N) is 1. The fraction of sp³-hybridized carbons (Fsp3) is 0. The molecule has 0 aliphatic carbocycles. The molecule has 0 saturated carbocycles. The van der Waals surface area contributed by atoms with Crippen LogP contribution in [0.5, 0.6) is 0 Å². The van der Waals surface area contributed by atoms with Crippen LogP contribution in [-0.4, -0.2) is 4.98 Å². The van der Waals surface area contributed by atoms with Crippen molar-refractivity contribution in [3.8, 4) is 11.5 Å². The number of hydrogen-bond donors (Lipinski definition) is 0. The molecule has 0 bridgehead atoms. The highest BCUT2D eigenvalue weighted by atomic mass is 35.5. The molecule has 0 saturated heterocycles. The topological polar surface area (TPSA) is 26.0 Å². The number of halogens is 1. The van der Waals surface area contributed by atoms with Gasteiger partial charge in [-0.05, 0) is 51.9 Å². The molecule has 1 heterocycles. The highest BCUT2D eigenvalue weighted by molar-refractivity contribution is 6.33. The molecule has 132 valence electrons. The maximum absolute atomic E-state index is 6.34. The number of rotatable bonds is 1. The minimum absolute atomic E-state index is 0.637. The van der Waals surface area contributed by atoms with Crippen molar-refractivity contribution in [3.05, 3.63) is 90.0 Å². The van der Waals surface area contributed by atoms with Crippen molar-refractivity contribution in [1.29, 1.82) is 0 Å². The maximum Gasteiger partial charge on any atom is 0.227 e. The molecule has 2 nitrogen and oxygen atoms in total. The predicted molar refractivity (Wildman–Crippen MR) is 117 cm³/mol. The first-order valence-electron chi connectivity index (χ1n) is 9.18. The van der Waals surface area contributed by atoms with E-state index in [9.17, 15) is 0 Å². The number of benzene rings is 5. The first kappa shape index (κ1) is 15.7. The SMILES string of the molecule is Clc1ccc2ccc3ccc4ccc5nc(-c6ccccc6)oc5c4c3c2c1. The van der Waals surface area contributed by atoms with Crippen LogP contribution in [0.1, 0.15) is 0 Å². The average Bonchev–Trinajstić information content (AvgIpc) is 3.18. The second-order valence-corrected chi connectivity index (χ2v) is 7.43. The average molecular weight is 380 g/mol. The van der Waals surface area contributed by atoms with Crippen LogP contribution in [0.4, 0.5) is 0 Å². The van der Waals surface area contributed by atoms with E-state index in [1.54, 1.807) is 0 Å². The molecule has 0 N–H and O–H groups in total. The molecule has 3 heteroatoms. The van der Waals surface area contributed by atoms with Crippen molar-refractivity contribution >= 4 is 55.0 Å². The minimum Gasteiger partial charge on any atom is -0.435 e. The third-order valence-electron chi connectivity index (χ3n) is 5.32. The molecule has 6 rings (SSSR count). The van der Waals surface area contributed by atoms with Gasteiger partial charge in [0.05, 0.1) is 0 Å². The zero-order valence-corrected chi connectivity index (χ0v) is 15.6. The molecule has 1 aromatic heterocycles. The quantitative estimate of drug-likeness (QED) is 0.275. The fourth-order valence-electron chi connectivity index (χ4n) is 4.01. The van der Waals surface area contributed by atoms with Gasteiger partial charge in [-0.1, -0.05) is 66.2 Å². The molecule has 0 atom stereocenters. The summed E-state index contributed by atoms with van der Waals surface area (Å²) in [6, 6.07) is 28.7. The Hall–Kier alpha value is -3.36. The molecule has 0 radical (unpaired) electrons. The van der Waals surface area contributed by atoms with Gasteiger partial charge >= 0.3 is 0 Å². The highest BCUT2D eigenvalue weighted by Crippen LogP contribution is 2.38. The lowest BCUT2D eigenvalue weighted by Crippen LogP contribution is -1.82. The molecule has 0 amide bonds. The summed E-state index contributed by atoms with van der Waals surface area (Å²) in [4.78, 5) is 4.74. The fourth-order valence-corrected chi connectivity index (χ4v) is 4.19. The summed E-state index contributed by atoms with van der Waals surface area (Å²) in [5.41, 5.74) is 2.65. The summed E-state index contributed by atoms with van der Waals surface area (Å²) in [5, 5.41) is 7.53. The van der Waals surface area contributed by atoms with Gasteiger partial charge in [0, 0.05) is 21.4 Å². The molecular weight excluding hydrogens is 366 g/mol. The van der Waals surface area contributed by atoms with Gasteiger partial charge in [-0.15, -0.1) is 0 Å². The molecule has 28 heavy (non-hydrogen) atoms. The van der Waals surface area contributed by atoms with E-state index in [4.69, 9.17) is 21.0 Å². The molecule has 0 spiro atoms. The Morgan fingerprint density at radius 1 is 0.679 bits per heavy atom. The Kier molecular flexibility index (Phi) is 3.26. The van der Waals surface area contributed by atoms with E-state index >= 15 is 0 Å². The third kappa shape index (κ3) is 2.25. The van der Waals surface area contributed by atoms with Crippen molar-refractivity contribution in [2.24, 2.45) is 0 Å². The maximum atomic E-state index is 6.34. The lowest BCUT2D eigenvalue weighted by atomic mass is 9.96. The molecule has 0 fully saturated rings. The molecular formula is C25H14ClNO. The van der Waals surface area contributed by atoms with Crippen LogP contribution in [0.25, 0.3) is 54.9 Å². The molecule has 0 aliphatic rings. The Balaban J connectivity index is 1.82.